The van der Waals surface area contributed by atoms with E-state index < -0.39 is 0 Å². The molecule has 0 spiro atoms. The smallest absolute Gasteiger partial charge is 0.264 e. The van der Waals surface area contributed by atoms with E-state index in [4.69, 9.17) is 9.47 Å². The van der Waals surface area contributed by atoms with Gasteiger partial charge in [0.2, 0.25) is 0 Å². The number of aliphatic imine (C=N–C) groups is 1. The van der Waals surface area contributed by atoms with Crippen LogP contribution in [-0.4, -0.2) is 25.3 Å². The van der Waals surface area contributed by atoms with E-state index in [2.05, 4.69) is 10.3 Å². The van der Waals surface area contributed by atoms with Gasteiger partial charge in [0, 0.05) is 6.07 Å². The van der Waals surface area contributed by atoms with Gasteiger partial charge in [0.15, 0.2) is 5.17 Å². The predicted octanol–water partition coefficient (Wildman–Crippen LogP) is 3.60. The highest BCUT2D eigenvalue weighted by Crippen LogP contribution is 2.34. The standard InChI is InChI=1S/C18H16N2O3S/c1-22-13-8-9-14(15(11-13)23-2)19-18-20-17(21)16(24-18)10-12-6-4-3-5-7-12/h3-11H,1-2H3,(H,19,20,21). The van der Waals surface area contributed by atoms with E-state index >= 15 is 0 Å². The molecule has 1 fully saturated rings. The fourth-order valence-electron chi connectivity index (χ4n) is 2.17. The highest BCUT2D eigenvalue weighted by molar-refractivity contribution is 8.18. The molecule has 0 saturated carbocycles. The minimum absolute atomic E-state index is 0.157. The third-order valence-electron chi connectivity index (χ3n) is 3.36. The average molecular weight is 340 g/mol. The van der Waals surface area contributed by atoms with Crippen molar-refractivity contribution in [3.8, 4) is 11.5 Å². The molecule has 0 atom stereocenters. The number of benzene rings is 2. The van der Waals surface area contributed by atoms with E-state index in [0.29, 0.717) is 27.3 Å². The molecule has 5 nitrogen and oxygen atoms in total. The number of methoxy groups -OCH3 is 2. The van der Waals surface area contributed by atoms with E-state index in [9.17, 15) is 4.79 Å². The molecule has 1 aliphatic rings. The van der Waals surface area contributed by atoms with Crippen molar-refractivity contribution in [2.75, 3.05) is 14.2 Å². The third kappa shape index (κ3) is 3.60. The summed E-state index contributed by atoms with van der Waals surface area (Å²) in [7, 11) is 3.16. The summed E-state index contributed by atoms with van der Waals surface area (Å²) >= 11 is 1.30. The van der Waals surface area contributed by atoms with Crippen molar-refractivity contribution < 1.29 is 14.3 Å². The Kier molecular flexibility index (Phi) is 4.86. The van der Waals surface area contributed by atoms with Crippen LogP contribution in [0.1, 0.15) is 5.56 Å². The molecule has 0 radical (unpaired) electrons. The number of nitrogens with one attached hydrogen (secondary N) is 1. The number of nitrogens with zero attached hydrogens (tertiary/aromatic N) is 1. The molecule has 0 unspecified atom stereocenters. The molecule has 0 aliphatic carbocycles. The number of rotatable bonds is 4. The minimum Gasteiger partial charge on any atom is -0.497 e. The quantitative estimate of drug-likeness (QED) is 0.864. The number of amides is 1. The van der Waals surface area contributed by atoms with Crippen molar-refractivity contribution in [1.29, 1.82) is 0 Å². The fourth-order valence-corrected chi connectivity index (χ4v) is 3.00. The minimum atomic E-state index is -0.157. The maximum atomic E-state index is 12.1. The Hall–Kier alpha value is -2.73. The summed E-state index contributed by atoms with van der Waals surface area (Å²) in [5, 5.41) is 3.29. The predicted molar refractivity (Wildman–Crippen MR) is 96.8 cm³/mol. The average Bonchev–Trinajstić information content (AvgIpc) is 2.95. The van der Waals surface area contributed by atoms with E-state index in [1.807, 2.05) is 36.4 Å². The zero-order valence-electron chi connectivity index (χ0n) is 13.3. The molecule has 2 aromatic rings. The summed E-state index contributed by atoms with van der Waals surface area (Å²) in [6.45, 7) is 0. The van der Waals surface area contributed by atoms with Gasteiger partial charge in [-0.3, -0.25) is 4.79 Å². The number of carbonyl (C=O) groups is 1. The lowest BCUT2D eigenvalue weighted by atomic mass is 10.2. The first-order chi connectivity index (χ1) is 11.7. The molecule has 0 aromatic heterocycles. The monoisotopic (exact) mass is 340 g/mol. The molecule has 3 rings (SSSR count). The molecule has 1 saturated heterocycles. The zero-order valence-corrected chi connectivity index (χ0v) is 14.1. The number of carbonyl (C=O) groups excluding carboxylic acids is 1. The Labute approximate surface area is 144 Å². The summed E-state index contributed by atoms with van der Waals surface area (Å²) in [4.78, 5) is 17.2. The van der Waals surface area contributed by atoms with E-state index in [1.165, 1.54) is 11.8 Å². The van der Waals surface area contributed by atoms with Gasteiger partial charge in [-0.05, 0) is 35.5 Å². The molecule has 2 aromatic carbocycles. The van der Waals surface area contributed by atoms with E-state index in [-0.39, 0.29) is 5.91 Å². The second kappa shape index (κ2) is 7.23. The van der Waals surface area contributed by atoms with Crippen molar-refractivity contribution in [3.63, 3.8) is 0 Å². The topological polar surface area (TPSA) is 59.9 Å². The van der Waals surface area contributed by atoms with Crippen LogP contribution < -0.4 is 14.8 Å². The molecular formula is C18H16N2O3S. The summed E-state index contributed by atoms with van der Waals surface area (Å²) in [5.74, 6) is 1.11. The maximum Gasteiger partial charge on any atom is 0.264 e. The van der Waals surface area contributed by atoms with Gasteiger partial charge in [0.1, 0.15) is 17.2 Å². The molecule has 122 valence electrons. The van der Waals surface area contributed by atoms with Crippen LogP contribution in [0.25, 0.3) is 6.08 Å². The summed E-state index contributed by atoms with van der Waals surface area (Å²) < 4.78 is 10.5. The Morgan fingerprint density at radius 3 is 2.58 bits per heavy atom. The summed E-state index contributed by atoms with van der Waals surface area (Å²) in [5.41, 5.74) is 1.60. The second-order valence-corrected chi connectivity index (χ2v) is 5.96. The molecule has 24 heavy (non-hydrogen) atoms. The number of hydrogen-bond donors (Lipinski definition) is 1. The summed E-state index contributed by atoms with van der Waals surface area (Å²) in [6.07, 6.45) is 1.84. The lowest BCUT2D eigenvalue weighted by Crippen LogP contribution is -2.19. The Bertz CT molecular complexity index is 816. The van der Waals surface area contributed by atoms with Crippen molar-refractivity contribution in [3.05, 3.63) is 59.0 Å². The maximum absolute atomic E-state index is 12.1. The lowest BCUT2D eigenvalue weighted by molar-refractivity contribution is -0.115. The van der Waals surface area contributed by atoms with Crippen molar-refractivity contribution >= 4 is 34.6 Å². The Morgan fingerprint density at radius 2 is 1.88 bits per heavy atom. The highest BCUT2D eigenvalue weighted by atomic mass is 32.2. The fraction of sp³-hybridized carbons (Fsp3) is 0.111. The number of hydrogen-bond acceptors (Lipinski definition) is 5. The second-order valence-electron chi connectivity index (χ2n) is 4.93. The lowest BCUT2D eigenvalue weighted by Gasteiger charge is -2.07. The largest absolute Gasteiger partial charge is 0.497 e. The van der Waals surface area contributed by atoms with Crippen LogP contribution in [0.2, 0.25) is 0 Å². The first kappa shape index (κ1) is 16.1. The zero-order chi connectivity index (χ0) is 16.9. The molecule has 1 aliphatic heterocycles. The van der Waals surface area contributed by atoms with E-state index in [1.54, 1.807) is 32.4 Å². The van der Waals surface area contributed by atoms with Crippen LogP contribution in [0, 0.1) is 0 Å². The van der Waals surface area contributed by atoms with Crippen LogP contribution in [-0.2, 0) is 4.79 Å². The van der Waals surface area contributed by atoms with Gasteiger partial charge in [-0.1, -0.05) is 30.3 Å². The van der Waals surface area contributed by atoms with Gasteiger partial charge in [0.25, 0.3) is 5.91 Å². The number of thioether (sulfide) groups is 1. The van der Waals surface area contributed by atoms with Gasteiger partial charge >= 0.3 is 0 Å². The molecule has 1 heterocycles. The van der Waals surface area contributed by atoms with Gasteiger partial charge in [-0.25, -0.2) is 4.99 Å². The van der Waals surface area contributed by atoms with Crippen molar-refractivity contribution in [2.24, 2.45) is 4.99 Å². The third-order valence-corrected chi connectivity index (χ3v) is 4.27. The summed E-state index contributed by atoms with van der Waals surface area (Å²) in [6, 6.07) is 15.0. The molecule has 1 amide bonds. The van der Waals surface area contributed by atoms with Crippen LogP contribution in [0.5, 0.6) is 11.5 Å². The first-order valence-electron chi connectivity index (χ1n) is 7.26. The number of amidine groups is 1. The van der Waals surface area contributed by atoms with Gasteiger partial charge in [-0.15, -0.1) is 0 Å². The molecule has 1 N–H and O–H groups in total. The van der Waals surface area contributed by atoms with Gasteiger partial charge in [0.05, 0.1) is 19.1 Å². The van der Waals surface area contributed by atoms with Crippen LogP contribution in [0.15, 0.2) is 58.4 Å². The highest BCUT2D eigenvalue weighted by Gasteiger charge is 2.24. The Morgan fingerprint density at radius 1 is 1.08 bits per heavy atom. The molecular weight excluding hydrogens is 324 g/mol. The normalized spacial score (nSPS) is 17.2. The van der Waals surface area contributed by atoms with Crippen molar-refractivity contribution in [1.82, 2.24) is 5.32 Å². The molecule has 0 bridgehead atoms. The first-order valence-corrected chi connectivity index (χ1v) is 8.08. The van der Waals surface area contributed by atoms with Gasteiger partial charge < -0.3 is 14.8 Å². The molecule has 6 heteroatoms. The Balaban J connectivity index is 1.86. The van der Waals surface area contributed by atoms with Crippen molar-refractivity contribution in [2.45, 2.75) is 0 Å². The number of ether oxygens (including phenoxy) is 2. The van der Waals surface area contributed by atoms with Crippen LogP contribution in [0.3, 0.4) is 0 Å². The van der Waals surface area contributed by atoms with Gasteiger partial charge in [-0.2, -0.15) is 0 Å². The van der Waals surface area contributed by atoms with E-state index in [0.717, 1.165) is 5.56 Å². The SMILES string of the molecule is COc1ccc(N=C2NC(=O)C(=Cc3ccccc3)S2)c(OC)c1. The van der Waals surface area contributed by atoms with Crippen LogP contribution in [0.4, 0.5) is 5.69 Å². The van der Waals surface area contributed by atoms with Crippen LogP contribution >= 0.6 is 11.8 Å².